The molecule has 1 amide bonds. The summed E-state index contributed by atoms with van der Waals surface area (Å²) in [5, 5.41) is 3.10. The zero-order chi connectivity index (χ0) is 13.1. The fourth-order valence-electron chi connectivity index (χ4n) is 2.33. The van der Waals surface area contributed by atoms with E-state index in [0.717, 1.165) is 24.1 Å². The first-order valence-corrected chi connectivity index (χ1v) is 6.96. The fourth-order valence-corrected chi connectivity index (χ4v) is 2.56. The van der Waals surface area contributed by atoms with E-state index in [-0.39, 0.29) is 11.9 Å². The second kappa shape index (κ2) is 5.80. The van der Waals surface area contributed by atoms with Gasteiger partial charge < -0.3 is 10.2 Å². The van der Waals surface area contributed by atoms with Crippen LogP contribution in [0.15, 0.2) is 22.9 Å². The van der Waals surface area contributed by atoms with E-state index in [1.54, 1.807) is 18.3 Å². The monoisotopic (exact) mass is 311 g/mol. The van der Waals surface area contributed by atoms with Gasteiger partial charge in [0.25, 0.3) is 5.91 Å². The maximum atomic E-state index is 12.1. The smallest absolute Gasteiger partial charge is 0.253 e. The van der Waals surface area contributed by atoms with E-state index in [1.165, 1.54) is 0 Å². The fraction of sp³-hybridized carbons (Fsp3) is 0.538. The van der Waals surface area contributed by atoms with Crippen molar-refractivity contribution in [1.82, 2.24) is 15.2 Å². The van der Waals surface area contributed by atoms with Crippen LogP contribution in [0.3, 0.4) is 0 Å². The molecule has 18 heavy (non-hydrogen) atoms. The van der Waals surface area contributed by atoms with Crippen LogP contribution in [-0.2, 0) is 0 Å². The minimum Gasteiger partial charge on any atom is -0.349 e. The maximum absolute atomic E-state index is 12.1. The number of hydrogen-bond acceptors (Lipinski definition) is 3. The minimum absolute atomic E-state index is 0.0311. The Labute approximate surface area is 116 Å². The minimum atomic E-state index is -0.0311. The van der Waals surface area contributed by atoms with E-state index in [4.69, 9.17) is 0 Å². The molecule has 98 valence electrons. The third kappa shape index (κ3) is 3.29. The lowest BCUT2D eigenvalue weighted by Crippen LogP contribution is -2.48. The van der Waals surface area contributed by atoms with Crippen LogP contribution in [0.2, 0.25) is 0 Å². The summed E-state index contributed by atoms with van der Waals surface area (Å²) in [6.07, 6.45) is 2.60. The van der Waals surface area contributed by atoms with Gasteiger partial charge in [0.05, 0.1) is 5.56 Å². The van der Waals surface area contributed by atoms with Gasteiger partial charge >= 0.3 is 0 Å². The Morgan fingerprint density at radius 3 is 2.94 bits per heavy atom. The van der Waals surface area contributed by atoms with E-state index in [0.29, 0.717) is 11.5 Å². The standard InChI is InChI=1S/C13H18BrN3O/c1-9-8-17(2)6-5-11(9)16-13(18)10-3-4-12(14)15-7-10/h3-4,7,9,11H,5-6,8H2,1-2H3,(H,16,18). The third-order valence-electron chi connectivity index (χ3n) is 3.41. The number of piperidine rings is 1. The van der Waals surface area contributed by atoms with Crippen molar-refractivity contribution in [3.63, 3.8) is 0 Å². The van der Waals surface area contributed by atoms with Crippen LogP contribution in [0.5, 0.6) is 0 Å². The third-order valence-corrected chi connectivity index (χ3v) is 3.88. The number of aromatic nitrogens is 1. The molecule has 0 spiro atoms. The Balaban J connectivity index is 1.97. The number of likely N-dealkylation sites (tertiary alicyclic amines) is 1. The van der Waals surface area contributed by atoms with Crippen molar-refractivity contribution in [2.24, 2.45) is 5.92 Å². The summed E-state index contributed by atoms with van der Waals surface area (Å²) in [5.74, 6) is 0.451. The molecule has 0 aromatic carbocycles. The van der Waals surface area contributed by atoms with Crippen LogP contribution in [0.4, 0.5) is 0 Å². The highest BCUT2D eigenvalue weighted by molar-refractivity contribution is 9.10. The van der Waals surface area contributed by atoms with Gasteiger partial charge in [-0.2, -0.15) is 0 Å². The lowest BCUT2D eigenvalue weighted by atomic mass is 9.94. The molecule has 1 aromatic rings. The summed E-state index contributed by atoms with van der Waals surface area (Å²) in [7, 11) is 2.12. The lowest BCUT2D eigenvalue weighted by Gasteiger charge is -2.35. The molecule has 2 heterocycles. The van der Waals surface area contributed by atoms with Crippen molar-refractivity contribution < 1.29 is 4.79 Å². The summed E-state index contributed by atoms with van der Waals surface area (Å²) >= 11 is 3.26. The maximum Gasteiger partial charge on any atom is 0.253 e. The molecule has 1 saturated heterocycles. The van der Waals surface area contributed by atoms with Gasteiger partial charge in [-0.25, -0.2) is 4.98 Å². The number of nitrogens with zero attached hydrogens (tertiary/aromatic N) is 2. The lowest BCUT2D eigenvalue weighted by molar-refractivity contribution is 0.0883. The zero-order valence-electron chi connectivity index (χ0n) is 10.7. The number of halogens is 1. The topological polar surface area (TPSA) is 45.2 Å². The Bertz CT molecular complexity index is 421. The SMILES string of the molecule is CC1CN(C)CCC1NC(=O)c1ccc(Br)nc1. The van der Waals surface area contributed by atoms with E-state index in [2.05, 4.69) is 45.1 Å². The molecule has 2 unspecified atom stereocenters. The summed E-state index contributed by atoms with van der Waals surface area (Å²) in [4.78, 5) is 18.4. The van der Waals surface area contributed by atoms with E-state index in [1.807, 2.05) is 0 Å². The van der Waals surface area contributed by atoms with Gasteiger partial charge in [0.1, 0.15) is 4.60 Å². The number of nitrogens with one attached hydrogen (secondary N) is 1. The number of rotatable bonds is 2. The molecule has 1 aliphatic rings. The number of carbonyl (C=O) groups is 1. The molecule has 0 bridgehead atoms. The Hall–Kier alpha value is -0.940. The first-order valence-electron chi connectivity index (χ1n) is 6.17. The summed E-state index contributed by atoms with van der Waals surface area (Å²) in [6, 6.07) is 3.83. The number of hydrogen-bond donors (Lipinski definition) is 1. The molecular formula is C13H18BrN3O. The van der Waals surface area contributed by atoms with Crippen LogP contribution >= 0.6 is 15.9 Å². The van der Waals surface area contributed by atoms with Gasteiger partial charge in [-0.05, 0) is 54.0 Å². The van der Waals surface area contributed by atoms with Crippen LogP contribution in [0.1, 0.15) is 23.7 Å². The zero-order valence-corrected chi connectivity index (χ0v) is 12.3. The molecule has 1 N–H and O–H groups in total. The van der Waals surface area contributed by atoms with Crippen molar-refractivity contribution in [3.05, 3.63) is 28.5 Å². The van der Waals surface area contributed by atoms with Crippen molar-refractivity contribution in [2.45, 2.75) is 19.4 Å². The summed E-state index contributed by atoms with van der Waals surface area (Å²) in [6.45, 7) is 4.25. The highest BCUT2D eigenvalue weighted by Gasteiger charge is 2.25. The second-order valence-corrected chi connectivity index (χ2v) is 5.79. The normalized spacial score (nSPS) is 24.8. The van der Waals surface area contributed by atoms with Crippen molar-refractivity contribution >= 4 is 21.8 Å². The van der Waals surface area contributed by atoms with Crippen LogP contribution in [-0.4, -0.2) is 42.0 Å². The predicted octanol–water partition coefficient (Wildman–Crippen LogP) is 1.91. The molecule has 0 radical (unpaired) electrons. The molecular weight excluding hydrogens is 294 g/mol. The predicted molar refractivity (Wildman–Crippen MR) is 74.5 cm³/mol. The van der Waals surface area contributed by atoms with Gasteiger partial charge in [0.15, 0.2) is 0 Å². The quantitative estimate of drug-likeness (QED) is 0.849. The molecule has 0 saturated carbocycles. The number of carbonyl (C=O) groups excluding carboxylic acids is 1. The van der Waals surface area contributed by atoms with Gasteiger partial charge in [0, 0.05) is 18.8 Å². The molecule has 0 aliphatic carbocycles. The largest absolute Gasteiger partial charge is 0.349 e. The van der Waals surface area contributed by atoms with Gasteiger partial charge in [-0.15, -0.1) is 0 Å². The Morgan fingerprint density at radius 2 is 2.33 bits per heavy atom. The average Bonchev–Trinajstić information content (AvgIpc) is 2.33. The molecule has 4 nitrogen and oxygen atoms in total. The van der Waals surface area contributed by atoms with Crippen LogP contribution < -0.4 is 5.32 Å². The van der Waals surface area contributed by atoms with Gasteiger partial charge in [-0.3, -0.25) is 4.79 Å². The Morgan fingerprint density at radius 1 is 1.56 bits per heavy atom. The summed E-state index contributed by atoms with van der Waals surface area (Å²) < 4.78 is 0.742. The number of amides is 1. The van der Waals surface area contributed by atoms with Crippen LogP contribution in [0.25, 0.3) is 0 Å². The number of pyridine rings is 1. The Kier molecular flexibility index (Phi) is 4.35. The van der Waals surface area contributed by atoms with E-state index < -0.39 is 0 Å². The molecule has 2 atom stereocenters. The van der Waals surface area contributed by atoms with Crippen molar-refractivity contribution in [3.8, 4) is 0 Å². The molecule has 2 rings (SSSR count). The van der Waals surface area contributed by atoms with E-state index >= 15 is 0 Å². The second-order valence-electron chi connectivity index (χ2n) is 4.98. The highest BCUT2D eigenvalue weighted by atomic mass is 79.9. The average molecular weight is 312 g/mol. The van der Waals surface area contributed by atoms with Crippen molar-refractivity contribution in [1.29, 1.82) is 0 Å². The first kappa shape index (κ1) is 13.5. The van der Waals surface area contributed by atoms with Crippen LogP contribution in [0, 0.1) is 5.92 Å². The van der Waals surface area contributed by atoms with Gasteiger partial charge in [0.2, 0.25) is 0 Å². The first-order chi connectivity index (χ1) is 8.56. The van der Waals surface area contributed by atoms with E-state index in [9.17, 15) is 4.79 Å². The van der Waals surface area contributed by atoms with Crippen molar-refractivity contribution in [2.75, 3.05) is 20.1 Å². The highest BCUT2D eigenvalue weighted by Crippen LogP contribution is 2.16. The molecule has 1 aliphatic heterocycles. The summed E-state index contributed by atoms with van der Waals surface area (Å²) in [5.41, 5.74) is 0.615. The molecule has 1 fully saturated rings. The molecule has 1 aromatic heterocycles. The van der Waals surface area contributed by atoms with Gasteiger partial charge in [-0.1, -0.05) is 6.92 Å². The molecule has 5 heteroatoms.